The predicted octanol–water partition coefficient (Wildman–Crippen LogP) is 4.57. The standard InChI is InChI=1S/C26H38F3N3O4/c1-17-14-32(12-11-26(27,28)29)18(2)16-36-22-13-20(30-24(33)19-7-5-6-8-19)9-10-21(22)25(34)31(3)15-23(17)35-4/h9-10,13,17-19,23H,5-8,11-12,14-16H2,1-4H3,(H,30,33)/t17-,18+,23-/m0/s1. The Labute approximate surface area is 211 Å². The van der Waals surface area contributed by atoms with Crippen molar-refractivity contribution in [3.63, 3.8) is 0 Å². The quantitative estimate of drug-likeness (QED) is 0.625. The molecule has 1 aliphatic carbocycles. The molecule has 3 rings (SSSR count). The van der Waals surface area contributed by atoms with Crippen LogP contribution in [0.15, 0.2) is 18.2 Å². The fourth-order valence-electron chi connectivity index (χ4n) is 4.94. The van der Waals surface area contributed by atoms with E-state index in [-0.39, 0.29) is 55.5 Å². The Morgan fingerprint density at radius 1 is 1.19 bits per heavy atom. The van der Waals surface area contributed by atoms with Crippen molar-refractivity contribution >= 4 is 17.5 Å². The van der Waals surface area contributed by atoms with Crippen LogP contribution in [-0.4, -0.2) is 80.3 Å². The topological polar surface area (TPSA) is 71.1 Å². The van der Waals surface area contributed by atoms with Crippen LogP contribution in [0, 0.1) is 11.8 Å². The number of anilines is 1. The molecule has 1 aliphatic heterocycles. The Morgan fingerprint density at radius 3 is 2.53 bits per heavy atom. The highest BCUT2D eigenvalue weighted by Gasteiger charge is 2.32. The summed E-state index contributed by atoms with van der Waals surface area (Å²) in [6, 6.07) is 4.59. The van der Waals surface area contributed by atoms with E-state index in [4.69, 9.17) is 9.47 Å². The summed E-state index contributed by atoms with van der Waals surface area (Å²) in [4.78, 5) is 29.2. The fraction of sp³-hybridized carbons (Fsp3) is 0.692. The highest BCUT2D eigenvalue weighted by atomic mass is 19.4. The second-order valence-electron chi connectivity index (χ2n) is 10.1. The fourth-order valence-corrected chi connectivity index (χ4v) is 4.94. The largest absolute Gasteiger partial charge is 0.491 e. The summed E-state index contributed by atoms with van der Waals surface area (Å²) in [6.07, 6.45) is -1.74. The average Bonchev–Trinajstić information content (AvgIpc) is 3.37. The maximum absolute atomic E-state index is 13.3. The van der Waals surface area contributed by atoms with E-state index in [1.54, 1.807) is 37.3 Å². The maximum atomic E-state index is 13.3. The summed E-state index contributed by atoms with van der Waals surface area (Å²) < 4.78 is 50.7. The number of ether oxygens (including phenoxy) is 2. The molecule has 0 bridgehead atoms. The molecular weight excluding hydrogens is 475 g/mol. The van der Waals surface area contributed by atoms with Crippen LogP contribution in [-0.2, 0) is 9.53 Å². The number of benzene rings is 1. The first-order valence-electron chi connectivity index (χ1n) is 12.6. The van der Waals surface area contributed by atoms with Gasteiger partial charge in [-0.3, -0.25) is 14.5 Å². The van der Waals surface area contributed by atoms with Crippen LogP contribution in [0.3, 0.4) is 0 Å². The molecule has 3 atom stereocenters. The highest BCUT2D eigenvalue weighted by Crippen LogP contribution is 2.30. The number of likely N-dealkylation sites (N-methyl/N-ethyl adjacent to an activating group) is 1. The van der Waals surface area contributed by atoms with Crippen LogP contribution in [0.5, 0.6) is 5.75 Å². The van der Waals surface area contributed by atoms with Crippen molar-refractivity contribution in [2.45, 2.75) is 64.3 Å². The van der Waals surface area contributed by atoms with Crippen molar-refractivity contribution < 1.29 is 32.2 Å². The molecule has 202 valence electrons. The van der Waals surface area contributed by atoms with Gasteiger partial charge in [0.15, 0.2) is 0 Å². The lowest BCUT2D eigenvalue weighted by Gasteiger charge is -2.36. The lowest BCUT2D eigenvalue weighted by Crippen LogP contribution is -2.47. The summed E-state index contributed by atoms with van der Waals surface area (Å²) in [6.45, 7) is 4.30. The van der Waals surface area contributed by atoms with E-state index < -0.39 is 12.6 Å². The molecule has 0 radical (unpaired) electrons. The van der Waals surface area contributed by atoms with Gasteiger partial charge in [-0.05, 0) is 37.8 Å². The number of methoxy groups -OCH3 is 1. The molecule has 1 N–H and O–H groups in total. The van der Waals surface area contributed by atoms with Crippen LogP contribution in [0.25, 0.3) is 0 Å². The third-order valence-corrected chi connectivity index (χ3v) is 7.25. The van der Waals surface area contributed by atoms with Gasteiger partial charge in [0.05, 0.1) is 18.1 Å². The van der Waals surface area contributed by atoms with E-state index in [1.807, 2.05) is 13.8 Å². The van der Waals surface area contributed by atoms with Gasteiger partial charge >= 0.3 is 6.18 Å². The number of alkyl halides is 3. The number of fused-ring (bicyclic) bond motifs is 1. The minimum atomic E-state index is -4.26. The van der Waals surface area contributed by atoms with Crippen molar-refractivity contribution in [2.24, 2.45) is 11.8 Å². The normalized spacial score (nSPS) is 25.0. The van der Waals surface area contributed by atoms with E-state index in [0.29, 0.717) is 23.5 Å². The number of rotatable bonds is 5. The van der Waals surface area contributed by atoms with Crippen molar-refractivity contribution in [2.75, 3.05) is 45.7 Å². The first kappa shape index (κ1) is 28.2. The van der Waals surface area contributed by atoms with E-state index in [2.05, 4.69) is 5.32 Å². The van der Waals surface area contributed by atoms with E-state index in [1.165, 1.54) is 4.90 Å². The average molecular weight is 514 g/mol. The van der Waals surface area contributed by atoms with Crippen molar-refractivity contribution in [1.29, 1.82) is 0 Å². The molecule has 0 unspecified atom stereocenters. The predicted molar refractivity (Wildman–Crippen MR) is 131 cm³/mol. The zero-order valence-corrected chi connectivity index (χ0v) is 21.6. The van der Waals surface area contributed by atoms with E-state index >= 15 is 0 Å². The van der Waals surface area contributed by atoms with E-state index in [0.717, 1.165) is 25.7 Å². The third kappa shape index (κ3) is 7.59. The monoisotopic (exact) mass is 513 g/mol. The molecule has 0 spiro atoms. The third-order valence-electron chi connectivity index (χ3n) is 7.25. The second kappa shape index (κ2) is 12.3. The Kier molecular flexibility index (Phi) is 9.63. The minimum Gasteiger partial charge on any atom is -0.491 e. The number of hydrogen-bond acceptors (Lipinski definition) is 5. The lowest BCUT2D eigenvalue weighted by atomic mass is 10.0. The summed E-state index contributed by atoms with van der Waals surface area (Å²) in [7, 11) is 3.21. The van der Waals surface area contributed by atoms with Gasteiger partial charge < -0.3 is 19.7 Å². The Hall–Kier alpha value is -2.33. The zero-order valence-electron chi connectivity index (χ0n) is 21.6. The summed E-state index contributed by atoms with van der Waals surface area (Å²) >= 11 is 0. The number of carbonyl (C=O) groups excluding carboxylic acids is 2. The highest BCUT2D eigenvalue weighted by molar-refractivity contribution is 5.98. The van der Waals surface area contributed by atoms with Gasteiger partial charge in [0.1, 0.15) is 12.4 Å². The van der Waals surface area contributed by atoms with Gasteiger partial charge in [0.2, 0.25) is 5.91 Å². The summed E-state index contributed by atoms with van der Waals surface area (Å²) in [5, 5.41) is 2.93. The second-order valence-corrected chi connectivity index (χ2v) is 10.1. The Bertz CT molecular complexity index is 905. The summed E-state index contributed by atoms with van der Waals surface area (Å²) in [5.41, 5.74) is 0.853. The van der Waals surface area contributed by atoms with E-state index in [9.17, 15) is 22.8 Å². The molecule has 2 amide bonds. The van der Waals surface area contributed by atoms with Gasteiger partial charge in [-0.15, -0.1) is 0 Å². The number of nitrogens with zero attached hydrogens (tertiary/aromatic N) is 2. The molecule has 1 fully saturated rings. The van der Waals surface area contributed by atoms with Gasteiger partial charge in [0, 0.05) is 57.5 Å². The number of halogens is 3. The Morgan fingerprint density at radius 2 is 1.89 bits per heavy atom. The number of amides is 2. The lowest BCUT2D eigenvalue weighted by molar-refractivity contribution is -0.140. The SMILES string of the molecule is CO[C@H]1CN(C)C(=O)c2ccc(NC(=O)C3CCCC3)cc2OC[C@@H](C)N(CCC(F)(F)F)C[C@@H]1C. The van der Waals surface area contributed by atoms with Crippen molar-refractivity contribution in [1.82, 2.24) is 9.80 Å². The summed E-state index contributed by atoms with van der Waals surface area (Å²) in [5.74, 6) is -0.146. The number of carbonyl (C=O) groups is 2. The molecular formula is C26H38F3N3O4. The first-order valence-corrected chi connectivity index (χ1v) is 12.6. The molecule has 1 heterocycles. The van der Waals surface area contributed by atoms with Crippen molar-refractivity contribution in [3.8, 4) is 5.75 Å². The maximum Gasteiger partial charge on any atom is 0.390 e. The molecule has 36 heavy (non-hydrogen) atoms. The molecule has 1 aromatic rings. The minimum absolute atomic E-state index is 0.0187. The molecule has 0 aromatic heterocycles. The van der Waals surface area contributed by atoms with Crippen LogP contribution >= 0.6 is 0 Å². The molecule has 1 saturated carbocycles. The molecule has 0 saturated heterocycles. The van der Waals surface area contributed by atoms with Gasteiger partial charge in [-0.25, -0.2) is 0 Å². The molecule has 1 aromatic carbocycles. The smallest absolute Gasteiger partial charge is 0.390 e. The van der Waals surface area contributed by atoms with Crippen LogP contribution in [0.4, 0.5) is 18.9 Å². The van der Waals surface area contributed by atoms with Crippen molar-refractivity contribution in [3.05, 3.63) is 23.8 Å². The van der Waals surface area contributed by atoms with Gasteiger partial charge in [-0.2, -0.15) is 13.2 Å². The molecule has 2 aliphatic rings. The zero-order chi connectivity index (χ0) is 26.5. The Balaban J connectivity index is 1.87. The first-order chi connectivity index (χ1) is 17.0. The van der Waals surface area contributed by atoms with Crippen LogP contribution < -0.4 is 10.1 Å². The van der Waals surface area contributed by atoms with Crippen LogP contribution in [0.2, 0.25) is 0 Å². The van der Waals surface area contributed by atoms with Crippen LogP contribution in [0.1, 0.15) is 56.3 Å². The number of hydrogen-bond donors (Lipinski definition) is 1. The van der Waals surface area contributed by atoms with Gasteiger partial charge in [0.25, 0.3) is 5.91 Å². The molecule has 10 heteroatoms. The number of nitrogens with one attached hydrogen (secondary N) is 1. The van der Waals surface area contributed by atoms with Gasteiger partial charge in [-0.1, -0.05) is 19.8 Å². The molecule has 7 nitrogen and oxygen atoms in total.